The molecule has 1 fully saturated rings. The van der Waals surface area contributed by atoms with Crippen molar-refractivity contribution >= 4 is 0 Å². The normalized spacial score (nSPS) is 32.0. The van der Waals surface area contributed by atoms with Gasteiger partial charge < -0.3 is 0 Å². The van der Waals surface area contributed by atoms with Gasteiger partial charge in [0, 0.05) is 6.08 Å². The molecule has 0 aromatic heterocycles. The van der Waals surface area contributed by atoms with E-state index in [1.165, 1.54) is 25.7 Å². The van der Waals surface area contributed by atoms with Crippen LogP contribution < -0.4 is 0 Å². The van der Waals surface area contributed by atoms with Crippen molar-refractivity contribution in [3.05, 3.63) is 12.2 Å². The maximum atomic E-state index is 8.33. The zero-order valence-electron chi connectivity index (χ0n) is 7.09. The van der Waals surface area contributed by atoms with Crippen LogP contribution in [-0.2, 0) is 0 Å². The number of nitrogens with zero attached hydrogens (tertiary/aromatic N) is 1. The van der Waals surface area contributed by atoms with Crippen molar-refractivity contribution in [2.45, 2.75) is 32.6 Å². The summed E-state index contributed by atoms with van der Waals surface area (Å²) in [6.45, 7) is 2.30. The van der Waals surface area contributed by atoms with E-state index in [1.807, 2.05) is 6.07 Å². The molecule has 2 atom stereocenters. The van der Waals surface area contributed by atoms with E-state index in [-0.39, 0.29) is 0 Å². The summed E-state index contributed by atoms with van der Waals surface area (Å²) >= 11 is 0. The minimum atomic E-state index is 0.679. The summed E-state index contributed by atoms with van der Waals surface area (Å²) in [6.07, 6.45) is 8.96. The van der Waals surface area contributed by atoms with E-state index in [9.17, 15) is 0 Å². The van der Waals surface area contributed by atoms with Gasteiger partial charge in [-0.1, -0.05) is 25.8 Å². The summed E-state index contributed by atoms with van der Waals surface area (Å²) in [5.74, 6) is 1.54. The van der Waals surface area contributed by atoms with E-state index >= 15 is 0 Å². The fraction of sp³-hybridized carbons (Fsp3) is 0.700. The SMILES string of the molecule is CC1CCCC(/C=C/C#N)C1. The molecule has 1 heteroatoms. The van der Waals surface area contributed by atoms with Crippen molar-refractivity contribution in [2.75, 3.05) is 0 Å². The maximum absolute atomic E-state index is 8.33. The quantitative estimate of drug-likeness (QED) is 0.526. The summed E-state index contributed by atoms with van der Waals surface area (Å²) in [6, 6.07) is 2.05. The Morgan fingerprint density at radius 2 is 2.27 bits per heavy atom. The fourth-order valence-electron chi connectivity index (χ4n) is 1.83. The molecule has 0 spiro atoms. The van der Waals surface area contributed by atoms with Crippen LogP contribution in [0.25, 0.3) is 0 Å². The Kier molecular flexibility index (Phi) is 3.16. The van der Waals surface area contributed by atoms with Gasteiger partial charge in [0.2, 0.25) is 0 Å². The van der Waals surface area contributed by atoms with Crippen molar-refractivity contribution in [1.29, 1.82) is 5.26 Å². The predicted molar refractivity (Wildman–Crippen MR) is 45.9 cm³/mol. The average Bonchev–Trinajstić information content (AvgIpc) is 2.01. The number of hydrogen-bond donors (Lipinski definition) is 0. The van der Waals surface area contributed by atoms with Gasteiger partial charge in [0.05, 0.1) is 6.07 Å². The summed E-state index contributed by atoms with van der Waals surface area (Å²) in [4.78, 5) is 0. The molecule has 0 aromatic rings. The smallest absolute Gasteiger partial charge is 0.0908 e. The van der Waals surface area contributed by atoms with Crippen LogP contribution in [0.3, 0.4) is 0 Å². The molecule has 0 amide bonds. The van der Waals surface area contributed by atoms with Crippen LogP contribution in [0.4, 0.5) is 0 Å². The highest BCUT2D eigenvalue weighted by atomic mass is 14.2. The topological polar surface area (TPSA) is 23.8 Å². The number of nitriles is 1. The Morgan fingerprint density at radius 3 is 2.91 bits per heavy atom. The van der Waals surface area contributed by atoms with E-state index in [0.29, 0.717) is 5.92 Å². The lowest BCUT2D eigenvalue weighted by Crippen LogP contribution is -2.10. The second-order valence-electron chi connectivity index (χ2n) is 3.52. The lowest BCUT2D eigenvalue weighted by Gasteiger charge is -2.23. The zero-order chi connectivity index (χ0) is 8.10. The molecule has 60 valence electrons. The maximum Gasteiger partial charge on any atom is 0.0908 e. The van der Waals surface area contributed by atoms with Gasteiger partial charge >= 0.3 is 0 Å². The Labute approximate surface area is 68.7 Å². The number of hydrogen-bond acceptors (Lipinski definition) is 1. The zero-order valence-corrected chi connectivity index (χ0v) is 7.09. The van der Waals surface area contributed by atoms with E-state index in [4.69, 9.17) is 5.26 Å². The van der Waals surface area contributed by atoms with Gasteiger partial charge in [-0.2, -0.15) is 5.26 Å². The molecule has 1 aliphatic rings. The second kappa shape index (κ2) is 4.18. The standard InChI is InChI=1S/C10H15N/c1-9-4-2-5-10(8-9)6-3-7-11/h3,6,9-10H,2,4-5,8H2,1H3/b6-3+. The molecule has 0 bridgehead atoms. The molecule has 0 heterocycles. The van der Waals surface area contributed by atoms with Gasteiger partial charge in [-0.15, -0.1) is 0 Å². The highest BCUT2D eigenvalue weighted by Crippen LogP contribution is 2.29. The van der Waals surface area contributed by atoms with Crippen LogP contribution in [0, 0.1) is 23.2 Å². The third-order valence-corrected chi connectivity index (χ3v) is 2.42. The van der Waals surface area contributed by atoms with Crippen LogP contribution in [0.1, 0.15) is 32.6 Å². The van der Waals surface area contributed by atoms with E-state index in [0.717, 1.165) is 5.92 Å². The first-order valence-corrected chi connectivity index (χ1v) is 4.39. The lowest BCUT2D eigenvalue weighted by molar-refractivity contribution is 0.325. The molecule has 0 radical (unpaired) electrons. The molecule has 0 aromatic carbocycles. The molecule has 1 saturated carbocycles. The van der Waals surface area contributed by atoms with Gasteiger partial charge in [-0.3, -0.25) is 0 Å². The molecule has 11 heavy (non-hydrogen) atoms. The highest BCUT2D eigenvalue weighted by molar-refractivity contribution is 5.04. The largest absolute Gasteiger partial charge is 0.193 e. The van der Waals surface area contributed by atoms with E-state index in [2.05, 4.69) is 13.0 Å². The Bertz CT molecular complexity index is 176. The molecular formula is C10H15N. The monoisotopic (exact) mass is 149 g/mol. The van der Waals surface area contributed by atoms with Crippen LogP contribution >= 0.6 is 0 Å². The number of allylic oxidation sites excluding steroid dienone is 2. The minimum absolute atomic E-state index is 0.679. The van der Waals surface area contributed by atoms with E-state index in [1.54, 1.807) is 6.08 Å². The predicted octanol–water partition coefficient (Wildman–Crippen LogP) is 2.89. The van der Waals surface area contributed by atoms with E-state index < -0.39 is 0 Å². The molecule has 1 nitrogen and oxygen atoms in total. The van der Waals surface area contributed by atoms with Crippen molar-refractivity contribution in [3.8, 4) is 6.07 Å². The molecule has 1 aliphatic carbocycles. The van der Waals surface area contributed by atoms with Crippen molar-refractivity contribution in [1.82, 2.24) is 0 Å². The second-order valence-corrected chi connectivity index (χ2v) is 3.52. The molecule has 2 unspecified atom stereocenters. The van der Waals surface area contributed by atoms with Gasteiger partial charge in [-0.25, -0.2) is 0 Å². The van der Waals surface area contributed by atoms with Crippen LogP contribution in [0.5, 0.6) is 0 Å². The minimum Gasteiger partial charge on any atom is -0.193 e. The summed E-state index contributed by atoms with van der Waals surface area (Å²) in [7, 11) is 0. The Hall–Kier alpha value is -0.770. The lowest BCUT2D eigenvalue weighted by atomic mass is 9.82. The first kappa shape index (κ1) is 8.33. The summed E-state index contributed by atoms with van der Waals surface area (Å²) < 4.78 is 0. The van der Waals surface area contributed by atoms with Gasteiger partial charge in [0.1, 0.15) is 0 Å². The van der Waals surface area contributed by atoms with Gasteiger partial charge in [0.15, 0.2) is 0 Å². The first-order valence-electron chi connectivity index (χ1n) is 4.39. The Balaban J connectivity index is 2.35. The highest BCUT2D eigenvalue weighted by Gasteiger charge is 2.15. The van der Waals surface area contributed by atoms with Crippen LogP contribution in [0.2, 0.25) is 0 Å². The third-order valence-electron chi connectivity index (χ3n) is 2.42. The van der Waals surface area contributed by atoms with Gasteiger partial charge in [-0.05, 0) is 24.7 Å². The van der Waals surface area contributed by atoms with Crippen LogP contribution in [-0.4, -0.2) is 0 Å². The third kappa shape index (κ3) is 2.76. The Morgan fingerprint density at radius 1 is 1.45 bits per heavy atom. The number of rotatable bonds is 1. The summed E-state index contributed by atoms with van der Waals surface area (Å²) in [5, 5.41) is 8.33. The summed E-state index contributed by atoms with van der Waals surface area (Å²) in [5.41, 5.74) is 0. The molecule has 0 N–H and O–H groups in total. The first-order chi connectivity index (χ1) is 5.33. The molecular weight excluding hydrogens is 134 g/mol. The average molecular weight is 149 g/mol. The van der Waals surface area contributed by atoms with Crippen molar-refractivity contribution < 1.29 is 0 Å². The van der Waals surface area contributed by atoms with Gasteiger partial charge in [0.25, 0.3) is 0 Å². The van der Waals surface area contributed by atoms with Crippen molar-refractivity contribution in [3.63, 3.8) is 0 Å². The molecule has 1 rings (SSSR count). The van der Waals surface area contributed by atoms with Crippen molar-refractivity contribution in [2.24, 2.45) is 11.8 Å². The molecule has 0 saturated heterocycles. The van der Waals surface area contributed by atoms with Crippen LogP contribution in [0.15, 0.2) is 12.2 Å². The molecule has 0 aliphatic heterocycles. The fourth-order valence-corrected chi connectivity index (χ4v) is 1.83.